The summed E-state index contributed by atoms with van der Waals surface area (Å²) in [4.78, 5) is 0. The van der Waals surface area contributed by atoms with Gasteiger partial charge in [0.1, 0.15) is 0 Å². The van der Waals surface area contributed by atoms with Gasteiger partial charge >= 0.3 is 0 Å². The highest BCUT2D eigenvalue weighted by Crippen LogP contribution is 2.29. The molecule has 0 amide bonds. The topological polar surface area (TPSA) is 69.6 Å². The Balaban J connectivity index is 2.12. The fourth-order valence-corrected chi connectivity index (χ4v) is 2.36. The molecule has 0 radical (unpaired) electrons. The van der Waals surface area contributed by atoms with Gasteiger partial charge in [0.25, 0.3) is 0 Å². The lowest BCUT2D eigenvalue weighted by Crippen LogP contribution is -2.00. The third-order valence-electron chi connectivity index (χ3n) is 2.77. The molecular weight excluding hydrogens is 342 g/mol. The second-order valence-corrected chi connectivity index (χ2v) is 5.45. The monoisotopic (exact) mass is 349 g/mol. The number of nitrogens with two attached hydrogens (primary N) is 1. The third-order valence-corrected chi connectivity index (χ3v) is 3.62. The second-order valence-electron chi connectivity index (χ2n) is 4.13. The van der Waals surface area contributed by atoms with Gasteiger partial charge < -0.3 is 5.73 Å². The number of benzene rings is 2. The third kappa shape index (κ3) is 2.39. The molecule has 0 atom stereocenters. The number of halogens is 2. The first kappa shape index (κ1) is 13.1. The Labute approximate surface area is 128 Å². The van der Waals surface area contributed by atoms with Crippen molar-refractivity contribution < 1.29 is 0 Å². The Morgan fingerprint density at radius 3 is 2.55 bits per heavy atom. The van der Waals surface area contributed by atoms with Crippen LogP contribution in [0.15, 0.2) is 46.9 Å². The predicted molar refractivity (Wildman–Crippen MR) is 81.7 cm³/mol. The van der Waals surface area contributed by atoms with Gasteiger partial charge in [0.15, 0.2) is 5.82 Å². The zero-order chi connectivity index (χ0) is 14.1. The number of anilines is 1. The van der Waals surface area contributed by atoms with Crippen molar-refractivity contribution in [1.82, 2.24) is 20.2 Å². The molecule has 20 heavy (non-hydrogen) atoms. The molecule has 0 spiro atoms. The molecule has 3 rings (SSSR count). The van der Waals surface area contributed by atoms with Gasteiger partial charge in [-0.05, 0) is 52.9 Å². The van der Waals surface area contributed by atoms with Gasteiger partial charge in [0.05, 0.1) is 10.7 Å². The average molecular weight is 351 g/mol. The highest BCUT2D eigenvalue weighted by Gasteiger charge is 2.13. The summed E-state index contributed by atoms with van der Waals surface area (Å²) in [6.07, 6.45) is 0. The maximum absolute atomic E-state index is 6.21. The molecule has 0 unspecified atom stereocenters. The van der Waals surface area contributed by atoms with Crippen LogP contribution in [0.5, 0.6) is 0 Å². The first-order chi connectivity index (χ1) is 9.65. The zero-order valence-electron chi connectivity index (χ0n) is 10.2. The van der Waals surface area contributed by atoms with Gasteiger partial charge in [-0.1, -0.05) is 27.5 Å². The van der Waals surface area contributed by atoms with Crippen molar-refractivity contribution in [2.45, 2.75) is 0 Å². The number of hydrogen-bond acceptors (Lipinski definition) is 4. The molecule has 0 aliphatic heterocycles. The van der Waals surface area contributed by atoms with Crippen LogP contribution in [0.25, 0.3) is 17.1 Å². The molecular formula is C13H9BrClN5. The molecule has 7 heteroatoms. The summed E-state index contributed by atoms with van der Waals surface area (Å²) in [6.45, 7) is 0. The summed E-state index contributed by atoms with van der Waals surface area (Å²) in [6, 6.07) is 12.9. The fraction of sp³-hybridized carbons (Fsp3) is 0. The van der Waals surface area contributed by atoms with Gasteiger partial charge in [-0.2, -0.15) is 4.68 Å². The van der Waals surface area contributed by atoms with E-state index in [2.05, 4.69) is 31.5 Å². The van der Waals surface area contributed by atoms with Crippen LogP contribution >= 0.6 is 27.5 Å². The Morgan fingerprint density at radius 1 is 1.10 bits per heavy atom. The number of nitrogen functional groups attached to an aromatic ring is 1. The number of rotatable bonds is 2. The molecule has 1 aromatic heterocycles. The molecule has 0 bridgehead atoms. The summed E-state index contributed by atoms with van der Waals surface area (Å²) >= 11 is 9.61. The van der Waals surface area contributed by atoms with Crippen LogP contribution in [0.4, 0.5) is 5.69 Å². The average Bonchev–Trinajstić information content (AvgIpc) is 2.88. The molecule has 0 aliphatic carbocycles. The zero-order valence-corrected chi connectivity index (χ0v) is 12.5. The molecule has 0 saturated heterocycles. The lowest BCUT2D eigenvalue weighted by Gasteiger charge is -2.06. The molecule has 0 saturated carbocycles. The highest BCUT2D eigenvalue weighted by atomic mass is 79.9. The number of nitrogens with zero attached hydrogens (tertiary/aromatic N) is 4. The maximum Gasteiger partial charge on any atom is 0.188 e. The quantitative estimate of drug-likeness (QED) is 0.720. The summed E-state index contributed by atoms with van der Waals surface area (Å²) in [5.41, 5.74) is 7.88. The van der Waals surface area contributed by atoms with Crippen molar-refractivity contribution in [3.8, 4) is 17.1 Å². The minimum absolute atomic E-state index is 0.512. The van der Waals surface area contributed by atoms with E-state index in [9.17, 15) is 0 Å². The van der Waals surface area contributed by atoms with Crippen molar-refractivity contribution in [2.75, 3.05) is 5.73 Å². The Morgan fingerprint density at radius 2 is 1.85 bits per heavy atom. The van der Waals surface area contributed by atoms with E-state index in [1.807, 2.05) is 24.3 Å². The SMILES string of the molecule is Nc1ccc(-c2nnnn2-c2ccc(Br)cc2)c(Cl)c1. The summed E-state index contributed by atoms with van der Waals surface area (Å²) < 4.78 is 2.62. The molecule has 2 aromatic carbocycles. The first-order valence-corrected chi connectivity index (χ1v) is 6.92. The van der Waals surface area contributed by atoms with Gasteiger partial charge in [-0.15, -0.1) is 5.10 Å². The Hall–Kier alpha value is -1.92. The Kier molecular flexibility index (Phi) is 3.42. The van der Waals surface area contributed by atoms with E-state index in [-0.39, 0.29) is 0 Å². The summed E-state index contributed by atoms with van der Waals surface area (Å²) in [5, 5.41) is 12.3. The van der Waals surface area contributed by atoms with Gasteiger partial charge in [-0.25, -0.2) is 0 Å². The van der Waals surface area contributed by atoms with Gasteiger partial charge in [0, 0.05) is 15.7 Å². The summed E-state index contributed by atoms with van der Waals surface area (Å²) in [7, 11) is 0. The molecule has 0 aliphatic rings. The van der Waals surface area contributed by atoms with Crippen molar-refractivity contribution in [3.05, 3.63) is 52.0 Å². The lowest BCUT2D eigenvalue weighted by atomic mass is 10.2. The Bertz CT molecular complexity index is 754. The highest BCUT2D eigenvalue weighted by molar-refractivity contribution is 9.10. The van der Waals surface area contributed by atoms with E-state index in [1.54, 1.807) is 22.9 Å². The van der Waals surface area contributed by atoms with Crippen molar-refractivity contribution in [3.63, 3.8) is 0 Å². The molecule has 100 valence electrons. The standard InChI is InChI=1S/C13H9BrClN5/c14-8-1-4-10(5-2-8)20-13(17-18-19-20)11-6-3-9(16)7-12(11)15/h1-7H,16H2. The maximum atomic E-state index is 6.21. The normalized spacial score (nSPS) is 10.7. The number of aromatic nitrogens is 4. The van der Waals surface area contributed by atoms with Gasteiger partial charge in [-0.3, -0.25) is 0 Å². The second kappa shape index (κ2) is 5.22. The van der Waals surface area contributed by atoms with Crippen LogP contribution in [0, 0.1) is 0 Å². The molecule has 1 heterocycles. The minimum atomic E-state index is 0.512. The minimum Gasteiger partial charge on any atom is -0.399 e. The van der Waals surface area contributed by atoms with E-state index in [4.69, 9.17) is 17.3 Å². The van der Waals surface area contributed by atoms with Crippen molar-refractivity contribution in [1.29, 1.82) is 0 Å². The van der Waals surface area contributed by atoms with Crippen molar-refractivity contribution in [2.24, 2.45) is 0 Å². The van der Waals surface area contributed by atoms with E-state index >= 15 is 0 Å². The molecule has 3 aromatic rings. The van der Waals surface area contributed by atoms with Crippen LogP contribution in [0.1, 0.15) is 0 Å². The smallest absolute Gasteiger partial charge is 0.188 e. The van der Waals surface area contributed by atoms with Crippen LogP contribution in [-0.4, -0.2) is 20.2 Å². The molecule has 0 fully saturated rings. The van der Waals surface area contributed by atoms with E-state index < -0.39 is 0 Å². The fourth-order valence-electron chi connectivity index (χ4n) is 1.82. The van der Waals surface area contributed by atoms with Crippen molar-refractivity contribution >= 4 is 33.2 Å². The lowest BCUT2D eigenvalue weighted by molar-refractivity contribution is 0.791. The predicted octanol–water partition coefficient (Wildman–Crippen LogP) is 3.33. The van der Waals surface area contributed by atoms with Gasteiger partial charge in [0.2, 0.25) is 0 Å². The van der Waals surface area contributed by atoms with Crippen LogP contribution in [0.2, 0.25) is 5.02 Å². The van der Waals surface area contributed by atoms with E-state index in [1.165, 1.54) is 0 Å². The largest absolute Gasteiger partial charge is 0.399 e. The summed E-state index contributed by atoms with van der Waals surface area (Å²) in [5.74, 6) is 0.567. The van der Waals surface area contributed by atoms with Crippen LogP contribution < -0.4 is 5.73 Å². The number of hydrogen-bond donors (Lipinski definition) is 1. The molecule has 2 N–H and O–H groups in total. The van der Waals surface area contributed by atoms with Crippen LogP contribution in [0.3, 0.4) is 0 Å². The van der Waals surface area contributed by atoms with E-state index in [0.717, 1.165) is 15.7 Å². The molecule has 5 nitrogen and oxygen atoms in total. The van der Waals surface area contributed by atoms with Crippen LogP contribution in [-0.2, 0) is 0 Å². The van der Waals surface area contributed by atoms with E-state index in [0.29, 0.717) is 16.5 Å². The first-order valence-electron chi connectivity index (χ1n) is 5.75. The number of tetrazole rings is 1.